The van der Waals surface area contributed by atoms with Gasteiger partial charge >= 0.3 is 0 Å². The van der Waals surface area contributed by atoms with E-state index in [2.05, 4.69) is 10.2 Å². The minimum atomic E-state index is -0.383. The summed E-state index contributed by atoms with van der Waals surface area (Å²) in [6.07, 6.45) is 0. The Labute approximate surface area is 92.1 Å². The summed E-state index contributed by atoms with van der Waals surface area (Å²) in [5.74, 6) is -0.955. The second-order valence-electron chi connectivity index (χ2n) is 3.17. The first-order valence-electron chi connectivity index (χ1n) is 4.59. The minimum absolute atomic E-state index is 0.107. The van der Waals surface area contributed by atoms with Gasteiger partial charge in [-0.15, -0.1) is 5.11 Å². The molecule has 1 N–H and O–H groups in total. The fourth-order valence-corrected chi connectivity index (χ4v) is 1.01. The number of carbonyl (C=O) groups is 1. The van der Waals surface area contributed by atoms with Gasteiger partial charge in [0.1, 0.15) is 11.6 Å². The van der Waals surface area contributed by atoms with Crippen molar-refractivity contribution in [1.82, 2.24) is 0 Å². The number of Topliss-reactive ketones (excluding diaryl/α,β-unsaturated/α-hetero) is 1. The fourth-order valence-electron chi connectivity index (χ4n) is 1.01. The largest absolute Gasteiger partial charge is 0.510 e. The van der Waals surface area contributed by atoms with E-state index in [1.165, 1.54) is 38.1 Å². The number of halogens is 1. The predicted molar refractivity (Wildman–Crippen MR) is 56.9 cm³/mol. The molecule has 1 aromatic carbocycles. The van der Waals surface area contributed by atoms with Crippen molar-refractivity contribution in [3.8, 4) is 0 Å². The van der Waals surface area contributed by atoms with Crippen molar-refractivity contribution in [3.63, 3.8) is 0 Å². The van der Waals surface area contributed by atoms with Crippen LogP contribution in [-0.2, 0) is 4.79 Å². The third-order valence-electron chi connectivity index (χ3n) is 1.77. The van der Waals surface area contributed by atoms with Gasteiger partial charge in [-0.05, 0) is 31.2 Å². The van der Waals surface area contributed by atoms with E-state index in [9.17, 15) is 9.18 Å². The van der Waals surface area contributed by atoms with Gasteiger partial charge in [-0.1, -0.05) is 0 Å². The molecule has 0 atom stereocenters. The van der Waals surface area contributed by atoms with E-state index >= 15 is 0 Å². The van der Waals surface area contributed by atoms with Crippen LogP contribution in [0.1, 0.15) is 13.8 Å². The molecule has 4 nitrogen and oxygen atoms in total. The van der Waals surface area contributed by atoms with E-state index in [1.807, 2.05) is 0 Å². The fraction of sp³-hybridized carbons (Fsp3) is 0.182. The number of benzene rings is 1. The molecule has 5 heteroatoms. The standard InChI is InChI=1S/C11H11FN2O2/c1-7(15)11(8(2)16)14-13-10-5-3-9(12)4-6-10/h3-6,15H,1-2H3/b11-7+,14-13?. The molecule has 1 aromatic rings. The summed E-state index contributed by atoms with van der Waals surface area (Å²) in [6.45, 7) is 2.62. The molecule has 0 fully saturated rings. The number of azo groups is 1. The van der Waals surface area contributed by atoms with E-state index in [-0.39, 0.29) is 23.1 Å². The van der Waals surface area contributed by atoms with Crippen LogP contribution in [0.4, 0.5) is 10.1 Å². The normalized spacial score (nSPS) is 12.7. The lowest BCUT2D eigenvalue weighted by Crippen LogP contribution is -1.96. The molecule has 0 aliphatic heterocycles. The van der Waals surface area contributed by atoms with Gasteiger partial charge in [0.2, 0.25) is 0 Å². The predicted octanol–water partition coefficient (Wildman–Crippen LogP) is 3.29. The molecule has 0 radical (unpaired) electrons. The Hall–Kier alpha value is -2.04. The molecule has 0 saturated carbocycles. The summed E-state index contributed by atoms with van der Waals surface area (Å²) in [5, 5.41) is 16.5. The van der Waals surface area contributed by atoms with Crippen LogP contribution in [0.15, 0.2) is 46.0 Å². The molecule has 0 unspecified atom stereocenters. The van der Waals surface area contributed by atoms with Crippen LogP contribution in [0, 0.1) is 5.82 Å². The Balaban J connectivity index is 2.92. The first kappa shape index (κ1) is 12.0. The van der Waals surface area contributed by atoms with Gasteiger partial charge in [0.15, 0.2) is 11.5 Å². The van der Waals surface area contributed by atoms with Crippen LogP contribution in [-0.4, -0.2) is 10.9 Å². The Kier molecular flexibility index (Phi) is 3.88. The summed E-state index contributed by atoms with van der Waals surface area (Å²) in [4.78, 5) is 11.0. The summed E-state index contributed by atoms with van der Waals surface area (Å²) < 4.78 is 12.6. The minimum Gasteiger partial charge on any atom is -0.510 e. The van der Waals surface area contributed by atoms with Crippen molar-refractivity contribution >= 4 is 11.5 Å². The average Bonchev–Trinajstić information content (AvgIpc) is 2.20. The highest BCUT2D eigenvalue weighted by Crippen LogP contribution is 2.15. The Morgan fingerprint density at radius 3 is 2.25 bits per heavy atom. The highest BCUT2D eigenvalue weighted by atomic mass is 19.1. The highest BCUT2D eigenvalue weighted by molar-refractivity contribution is 5.93. The number of hydrogen-bond donors (Lipinski definition) is 1. The number of rotatable bonds is 3. The molecular formula is C11H11FN2O2. The van der Waals surface area contributed by atoms with Crippen LogP contribution in [0.2, 0.25) is 0 Å². The Morgan fingerprint density at radius 2 is 1.81 bits per heavy atom. The second-order valence-corrected chi connectivity index (χ2v) is 3.17. The van der Waals surface area contributed by atoms with E-state index in [0.29, 0.717) is 5.69 Å². The third kappa shape index (κ3) is 3.27. The van der Waals surface area contributed by atoms with Gasteiger partial charge in [-0.3, -0.25) is 4.79 Å². The molecule has 84 valence electrons. The van der Waals surface area contributed by atoms with Gasteiger partial charge < -0.3 is 5.11 Å². The summed E-state index contributed by atoms with van der Waals surface area (Å²) in [7, 11) is 0. The van der Waals surface area contributed by atoms with Crippen LogP contribution in [0.25, 0.3) is 0 Å². The number of aliphatic hydroxyl groups is 1. The zero-order valence-electron chi connectivity index (χ0n) is 8.94. The number of carbonyl (C=O) groups excluding carboxylic acids is 1. The maximum Gasteiger partial charge on any atom is 0.183 e. The maximum absolute atomic E-state index is 12.6. The lowest BCUT2D eigenvalue weighted by atomic mass is 10.3. The van der Waals surface area contributed by atoms with Gasteiger partial charge in [0.05, 0.1) is 5.69 Å². The lowest BCUT2D eigenvalue weighted by Gasteiger charge is -1.96. The van der Waals surface area contributed by atoms with E-state index < -0.39 is 0 Å². The molecular weight excluding hydrogens is 211 g/mol. The first-order valence-corrected chi connectivity index (χ1v) is 4.59. The number of aliphatic hydroxyl groups excluding tert-OH is 1. The van der Waals surface area contributed by atoms with E-state index in [4.69, 9.17) is 5.11 Å². The van der Waals surface area contributed by atoms with Gasteiger partial charge in [0, 0.05) is 6.92 Å². The monoisotopic (exact) mass is 222 g/mol. The summed E-state index contributed by atoms with van der Waals surface area (Å²) in [6, 6.07) is 5.31. The SMILES string of the molecule is CC(=O)/C(N=Nc1ccc(F)cc1)=C(/C)O. The number of allylic oxidation sites excluding steroid dienone is 2. The summed E-state index contributed by atoms with van der Waals surface area (Å²) in [5.41, 5.74) is 0.297. The van der Waals surface area contributed by atoms with E-state index in [1.54, 1.807) is 0 Å². The van der Waals surface area contributed by atoms with Crippen LogP contribution < -0.4 is 0 Å². The molecule has 0 aliphatic rings. The van der Waals surface area contributed by atoms with Crippen molar-refractivity contribution in [2.24, 2.45) is 10.2 Å². The number of hydrogen-bond acceptors (Lipinski definition) is 4. The quantitative estimate of drug-likeness (QED) is 0.484. The average molecular weight is 222 g/mol. The van der Waals surface area contributed by atoms with E-state index in [0.717, 1.165) is 0 Å². The molecule has 0 amide bonds. The smallest absolute Gasteiger partial charge is 0.183 e. The molecule has 0 aliphatic carbocycles. The zero-order valence-corrected chi connectivity index (χ0v) is 8.94. The molecule has 0 spiro atoms. The number of nitrogens with zero attached hydrogens (tertiary/aromatic N) is 2. The van der Waals surface area contributed by atoms with Gasteiger partial charge in [-0.25, -0.2) is 4.39 Å². The molecule has 0 saturated heterocycles. The van der Waals surface area contributed by atoms with Crippen LogP contribution in [0.5, 0.6) is 0 Å². The van der Waals surface area contributed by atoms with Crippen molar-refractivity contribution < 1.29 is 14.3 Å². The van der Waals surface area contributed by atoms with Crippen molar-refractivity contribution in [1.29, 1.82) is 0 Å². The molecule has 1 rings (SSSR count). The summed E-state index contributed by atoms with van der Waals surface area (Å²) >= 11 is 0. The van der Waals surface area contributed by atoms with Gasteiger partial charge in [0.25, 0.3) is 0 Å². The van der Waals surface area contributed by atoms with Crippen LogP contribution in [0.3, 0.4) is 0 Å². The third-order valence-corrected chi connectivity index (χ3v) is 1.77. The van der Waals surface area contributed by atoms with Crippen molar-refractivity contribution in [2.75, 3.05) is 0 Å². The Bertz CT molecular complexity index is 446. The van der Waals surface area contributed by atoms with Crippen LogP contribution >= 0.6 is 0 Å². The number of ketones is 1. The van der Waals surface area contributed by atoms with Crippen molar-refractivity contribution in [2.45, 2.75) is 13.8 Å². The lowest BCUT2D eigenvalue weighted by molar-refractivity contribution is -0.113. The maximum atomic E-state index is 12.6. The topological polar surface area (TPSA) is 62.0 Å². The zero-order chi connectivity index (χ0) is 12.1. The van der Waals surface area contributed by atoms with Crippen molar-refractivity contribution in [3.05, 3.63) is 41.5 Å². The highest BCUT2D eigenvalue weighted by Gasteiger charge is 2.06. The molecule has 16 heavy (non-hydrogen) atoms. The first-order chi connectivity index (χ1) is 7.50. The Morgan fingerprint density at radius 1 is 1.25 bits per heavy atom. The molecule has 0 heterocycles. The second kappa shape index (κ2) is 5.16. The van der Waals surface area contributed by atoms with Gasteiger partial charge in [-0.2, -0.15) is 5.11 Å². The molecule has 0 bridgehead atoms. The molecule has 0 aromatic heterocycles.